The Morgan fingerprint density at radius 1 is 1.17 bits per heavy atom. The molecule has 2 aromatic carbocycles. The van der Waals surface area contributed by atoms with Crippen molar-refractivity contribution in [3.63, 3.8) is 0 Å². The van der Waals surface area contributed by atoms with Gasteiger partial charge in [-0.15, -0.1) is 0 Å². The summed E-state index contributed by atoms with van der Waals surface area (Å²) in [6.07, 6.45) is 0. The number of nitrogens with zero attached hydrogens (tertiary/aromatic N) is 1. The van der Waals surface area contributed by atoms with E-state index in [0.717, 1.165) is 5.56 Å². The normalized spacial score (nSPS) is 17.0. The van der Waals surface area contributed by atoms with Crippen LogP contribution in [0, 0.1) is 6.92 Å². The van der Waals surface area contributed by atoms with Crippen molar-refractivity contribution in [2.24, 2.45) is 0 Å². The summed E-state index contributed by atoms with van der Waals surface area (Å²) >= 11 is 0. The van der Waals surface area contributed by atoms with Crippen LogP contribution >= 0.6 is 0 Å². The number of ether oxygens (including phenoxy) is 1. The van der Waals surface area contributed by atoms with Crippen molar-refractivity contribution in [2.75, 3.05) is 4.90 Å². The Morgan fingerprint density at radius 3 is 2.46 bits per heavy atom. The van der Waals surface area contributed by atoms with Gasteiger partial charge in [0.1, 0.15) is 5.75 Å². The molecule has 1 N–H and O–H groups in total. The van der Waals surface area contributed by atoms with Gasteiger partial charge in [0.2, 0.25) is 0 Å². The number of aryl methyl sites for hydroxylation is 1. The van der Waals surface area contributed by atoms with E-state index in [1.807, 2.05) is 19.1 Å². The van der Waals surface area contributed by atoms with Gasteiger partial charge in [-0.25, -0.2) is 4.79 Å². The lowest BCUT2D eigenvalue weighted by atomic mass is 9.97. The Morgan fingerprint density at radius 2 is 1.83 bits per heavy atom. The number of rotatable bonds is 3. The first-order valence-electron chi connectivity index (χ1n) is 7.72. The van der Waals surface area contributed by atoms with Crippen LogP contribution in [0.1, 0.15) is 31.0 Å². The zero-order valence-electron chi connectivity index (χ0n) is 13.8. The van der Waals surface area contributed by atoms with Crippen LogP contribution in [-0.2, 0) is 9.59 Å². The molecule has 124 valence electrons. The van der Waals surface area contributed by atoms with Gasteiger partial charge in [0.15, 0.2) is 11.6 Å². The number of hydrogen-bond donors (Lipinski definition) is 1. The van der Waals surface area contributed by atoms with Crippen LogP contribution in [0.3, 0.4) is 0 Å². The molecule has 1 atom stereocenters. The number of carbonyl (C=O) groups excluding carboxylic acids is 1. The predicted molar refractivity (Wildman–Crippen MR) is 90.2 cm³/mol. The number of carboxylic acid groups (broad SMARTS) is 1. The molecule has 0 saturated carbocycles. The fourth-order valence-electron chi connectivity index (χ4n) is 2.91. The minimum atomic E-state index is -1.13. The Balaban J connectivity index is 2.21. The van der Waals surface area contributed by atoms with Crippen LogP contribution in [0.4, 0.5) is 5.69 Å². The molecule has 1 aliphatic rings. The molecule has 0 saturated heterocycles. The van der Waals surface area contributed by atoms with Gasteiger partial charge in [-0.3, -0.25) is 9.69 Å². The first-order valence-corrected chi connectivity index (χ1v) is 7.72. The minimum absolute atomic E-state index is 0.378. The fourth-order valence-corrected chi connectivity index (χ4v) is 2.91. The fraction of sp³-hybridized carbons (Fsp3) is 0.263. The van der Waals surface area contributed by atoms with E-state index in [4.69, 9.17) is 4.74 Å². The minimum Gasteiger partial charge on any atom is -0.479 e. The second kappa shape index (κ2) is 5.67. The zero-order valence-corrected chi connectivity index (χ0v) is 13.8. The standard InChI is InChI=1S/C19H19NO4/c1-12-9-10-15-14(11-12)20(18(23)19(2,3)24-15)16(17(21)22)13-7-5-4-6-8-13/h4-11,16H,1-3H3,(H,21,22). The lowest BCUT2D eigenvalue weighted by Crippen LogP contribution is -2.55. The van der Waals surface area contributed by atoms with Crippen molar-refractivity contribution in [3.8, 4) is 5.75 Å². The molecular weight excluding hydrogens is 306 g/mol. The maximum Gasteiger partial charge on any atom is 0.331 e. The van der Waals surface area contributed by atoms with E-state index in [1.54, 1.807) is 50.2 Å². The van der Waals surface area contributed by atoms with Crippen molar-refractivity contribution >= 4 is 17.6 Å². The third-order valence-electron chi connectivity index (χ3n) is 4.08. The number of benzene rings is 2. The molecule has 24 heavy (non-hydrogen) atoms. The summed E-state index contributed by atoms with van der Waals surface area (Å²) in [7, 11) is 0. The summed E-state index contributed by atoms with van der Waals surface area (Å²) in [5.41, 5.74) is 0.816. The van der Waals surface area contributed by atoms with E-state index in [-0.39, 0.29) is 5.91 Å². The first-order chi connectivity index (χ1) is 11.3. The van der Waals surface area contributed by atoms with Gasteiger partial charge in [-0.05, 0) is 44.0 Å². The molecule has 3 rings (SSSR count). The Bertz CT molecular complexity index is 798. The van der Waals surface area contributed by atoms with E-state index in [1.165, 1.54) is 4.90 Å². The number of amides is 1. The van der Waals surface area contributed by atoms with E-state index in [0.29, 0.717) is 17.0 Å². The molecule has 5 heteroatoms. The van der Waals surface area contributed by atoms with Gasteiger partial charge in [0, 0.05) is 0 Å². The molecule has 0 bridgehead atoms. The van der Waals surface area contributed by atoms with Crippen molar-refractivity contribution in [1.29, 1.82) is 0 Å². The number of hydrogen-bond acceptors (Lipinski definition) is 3. The molecule has 1 amide bonds. The second-order valence-corrected chi connectivity index (χ2v) is 6.41. The average Bonchev–Trinajstić information content (AvgIpc) is 2.53. The highest BCUT2D eigenvalue weighted by atomic mass is 16.5. The van der Waals surface area contributed by atoms with Gasteiger partial charge in [0.25, 0.3) is 5.91 Å². The summed E-state index contributed by atoms with van der Waals surface area (Å²) in [5, 5.41) is 9.83. The molecule has 0 aliphatic carbocycles. The number of aliphatic carboxylic acids is 1. The molecule has 0 spiro atoms. The smallest absolute Gasteiger partial charge is 0.331 e. The third-order valence-corrected chi connectivity index (χ3v) is 4.08. The van der Waals surface area contributed by atoms with Crippen LogP contribution in [0.25, 0.3) is 0 Å². The van der Waals surface area contributed by atoms with Crippen LogP contribution in [0.2, 0.25) is 0 Å². The largest absolute Gasteiger partial charge is 0.479 e. The lowest BCUT2D eigenvalue weighted by molar-refractivity contribution is -0.143. The first kappa shape index (κ1) is 16.1. The average molecular weight is 325 g/mol. The van der Waals surface area contributed by atoms with Crippen molar-refractivity contribution in [2.45, 2.75) is 32.4 Å². The lowest BCUT2D eigenvalue weighted by Gasteiger charge is -2.41. The van der Waals surface area contributed by atoms with Crippen LogP contribution in [0.15, 0.2) is 48.5 Å². The van der Waals surface area contributed by atoms with Crippen molar-refractivity contribution in [1.82, 2.24) is 0 Å². The molecule has 1 heterocycles. The molecule has 1 unspecified atom stereocenters. The zero-order chi connectivity index (χ0) is 17.5. The highest BCUT2D eigenvalue weighted by Gasteiger charge is 2.46. The maximum atomic E-state index is 13.0. The highest BCUT2D eigenvalue weighted by molar-refractivity contribution is 6.06. The van der Waals surface area contributed by atoms with Crippen LogP contribution in [-0.4, -0.2) is 22.6 Å². The van der Waals surface area contributed by atoms with Gasteiger partial charge < -0.3 is 9.84 Å². The molecule has 1 aliphatic heterocycles. The third kappa shape index (κ3) is 2.62. The summed E-state index contributed by atoms with van der Waals surface area (Å²) in [4.78, 5) is 26.3. The summed E-state index contributed by atoms with van der Waals surface area (Å²) in [6.45, 7) is 5.19. The molecule has 2 aromatic rings. The SMILES string of the molecule is Cc1ccc2c(c1)N(C(C(=O)O)c1ccccc1)C(=O)C(C)(C)O2. The van der Waals surface area contributed by atoms with E-state index >= 15 is 0 Å². The Hall–Kier alpha value is -2.82. The molecule has 0 fully saturated rings. The summed E-state index contributed by atoms with van der Waals surface area (Å²) < 4.78 is 5.80. The van der Waals surface area contributed by atoms with Crippen LogP contribution < -0.4 is 9.64 Å². The molecular formula is C19H19NO4. The molecule has 0 aromatic heterocycles. The number of carboxylic acids is 1. The molecule has 0 radical (unpaired) electrons. The van der Waals surface area contributed by atoms with Gasteiger partial charge in [-0.2, -0.15) is 0 Å². The van der Waals surface area contributed by atoms with E-state index in [9.17, 15) is 14.7 Å². The summed E-state index contributed by atoms with van der Waals surface area (Å²) in [5.74, 6) is -0.955. The van der Waals surface area contributed by atoms with E-state index < -0.39 is 17.6 Å². The van der Waals surface area contributed by atoms with Crippen molar-refractivity contribution < 1.29 is 19.4 Å². The monoisotopic (exact) mass is 325 g/mol. The Kier molecular flexibility index (Phi) is 3.79. The topological polar surface area (TPSA) is 66.8 Å². The van der Waals surface area contributed by atoms with Crippen LogP contribution in [0.5, 0.6) is 5.75 Å². The van der Waals surface area contributed by atoms with E-state index in [2.05, 4.69) is 0 Å². The van der Waals surface area contributed by atoms with Gasteiger partial charge in [-0.1, -0.05) is 36.4 Å². The number of carbonyl (C=O) groups is 2. The molecule has 5 nitrogen and oxygen atoms in total. The predicted octanol–water partition coefficient (Wildman–Crippen LogP) is 3.32. The van der Waals surface area contributed by atoms with Gasteiger partial charge in [0.05, 0.1) is 5.69 Å². The maximum absolute atomic E-state index is 13.0. The number of fused-ring (bicyclic) bond motifs is 1. The summed E-state index contributed by atoms with van der Waals surface area (Å²) in [6, 6.07) is 13.1. The number of anilines is 1. The van der Waals surface area contributed by atoms with Gasteiger partial charge >= 0.3 is 5.97 Å². The highest BCUT2D eigenvalue weighted by Crippen LogP contribution is 2.42. The quantitative estimate of drug-likeness (QED) is 0.940. The Labute approximate surface area is 140 Å². The van der Waals surface area contributed by atoms with Crippen molar-refractivity contribution in [3.05, 3.63) is 59.7 Å². The second-order valence-electron chi connectivity index (χ2n) is 6.41.